The van der Waals surface area contributed by atoms with E-state index in [0.717, 1.165) is 0 Å². The summed E-state index contributed by atoms with van der Waals surface area (Å²) in [5.41, 5.74) is -0.577. The Hall–Kier alpha value is -0.330. The first kappa shape index (κ1) is 13.7. The molecule has 96 valence electrons. The van der Waals surface area contributed by atoms with Crippen molar-refractivity contribution < 1.29 is 23.0 Å². The zero-order valence-electron chi connectivity index (χ0n) is 9.39. The number of hydrogen-bond donors (Lipinski definition) is 1. The molecule has 1 fully saturated rings. The second kappa shape index (κ2) is 5.33. The van der Waals surface area contributed by atoms with Crippen LogP contribution in [0, 0.1) is 0 Å². The Morgan fingerprint density at radius 1 is 1.38 bits per heavy atom. The summed E-state index contributed by atoms with van der Waals surface area (Å²) in [4.78, 5) is 2.01. The summed E-state index contributed by atoms with van der Waals surface area (Å²) in [6, 6.07) is 0. The van der Waals surface area contributed by atoms with Crippen LogP contribution in [0.4, 0.5) is 13.2 Å². The van der Waals surface area contributed by atoms with Gasteiger partial charge in [-0.25, -0.2) is 0 Å². The normalized spacial score (nSPS) is 20.8. The predicted molar refractivity (Wildman–Crippen MR) is 53.2 cm³/mol. The molecule has 16 heavy (non-hydrogen) atoms. The van der Waals surface area contributed by atoms with Crippen molar-refractivity contribution in [3.63, 3.8) is 0 Å². The van der Waals surface area contributed by atoms with Gasteiger partial charge < -0.3 is 9.84 Å². The molecule has 1 aliphatic heterocycles. The summed E-state index contributed by atoms with van der Waals surface area (Å²) in [6.07, 6.45) is -2.96. The molecule has 0 aromatic heterocycles. The van der Waals surface area contributed by atoms with Crippen LogP contribution in [0.5, 0.6) is 0 Å². The molecule has 1 saturated heterocycles. The van der Waals surface area contributed by atoms with Gasteiger partial charge in [0, 0.05) is 26.2 Å². The second-order valence-electron chi connectivity index (χ2n) is 4.31. The van der Waals surface area contributed by atoms with Crippen LogP contribution in [0.1, 0.15) is 19.8 Å². The molecule has 0 aromatic carbocycles. The van der Waals surface area contributed by atoms with E-state index in [2.05, 4.69) is 4.74 Å². The minimum absolute atomic E-state index is 0.112. The summed E-state index contributed by atoms with van der Waals surface area (Å²) in [5, 5.41) is 9.68. The van der Waals surface area contributed by atoms with Gasteiger partial charge in [-0.2, -0.15) is 13.2 Å². The Morgan fingerprint density at radius 3 is 2.50 bits per heavy atom. The number of halogens is 3. The lowest BCUT2D eigenvalue weighted by molar-refractivity contribution is -0.174. The Bertz CT molecular complexity index is 215. The second-order valence-corrected chi connectivity index (χ2v) is 4.31. The molecule has 1 N–H and O–H groups in total. The molecule has 0 atom stereocenters. The fourth-order valence-electron chi connectivity index (χ4n) is 1.75. The van der Waals surface area contributed by atoms with Crippen molar-refractivity contribution in [1.29, 1.82) is 0 Å². The minimum Gasteiger partial charge on any atom is -0.387 e. The largest absolute Gasteiger partial charge is 0.411 e. The van der Waals surface area contributed by atoms with Gasteiger partial charge in [-0.15, -0.1) is 0 Å². The van der Waals surface area contributed by atoms with Crippen molar-refractivity contribution >= 4 is 0 Å². The Kier molecular flexibility index (Phi) is 4.58. The highest BCUT2D eigenvalue weighted by atomic mass is 19.4. The van der Waals surface area contributed by atoms with E-state index in [1.807, 2.05) is 11.8 Å². The number of β-amino-alcohol motifs (C(OH)–C–C–N with tert-alkyl or cyclic N) is 1. The van der Waals surface area contributed by atoms with Crippen LogP contribution in [0.2, 0.25) is 0 Å². The van der Waals surface area contributed by atoms with Crippen LogP contribution in [-0.2, 0) is 4.74 Å². The van der Waals surface area contributed by atoms with Crippen LogP contribution >= 0.6 is 0 Å². The molecule has 0 radical (unpaired) electrons. The number of likely N-dealkylation sites (tertiary alicyclic amines) is 1. The lowest BCUT2D eigenvalue weighted by Crippen LogP contribution is -2.61. The summed E-state index contributed by atoms with van der Waals surface area (Å²) in [6.45, 7) is 2.77. The highest BCUT2D eigenvalue weighted by molar-refractivity contribution is 4.93. The molecule has 6 heteroatoms. The van der Waals surface area contributed by atoms with E-state index in [1.165, 1.54) is 0 Å². The highest BCUT2D eigenvalue weighted by Gasteiger charge is 2.38. The first-order valence-electron chi connectivity index (χ1n) is 5.44. The monoisotopic (exact) mass is 241 g/mol. The summed E-state index contributed by atoms with van der Waals surface area (Å²) in [7, 11) is 0. The molecule has 1 aliphatic rings. The van der Waals surface area contributed by atoms with Crippen LogP contribution < -0.4 is 0 Å². The molecule has 0 unspecified atom stereocenters. The number of ether oxygens (including phenoxy) is 1. The highest BCUT2D eigenvalue weighted by Crippen LogP contribution is 2.23. The van der Waals surface area contributed by atoms with E-state index in [0.29, 0.717) is 32.5 Å². The molecule has 0 saturated carbocycles. The Balaban J connectivity index is 1.94. The van der Waals surface area contributed by atoms with Gasteiger partial charge in [0.15, 0.2) is 0 Å². The minimum atomic E-state index is -4.24. The van der Waals surface area contributed by atoms with E-state index >= 15 is 0 Å². The SMILES string of the molecule is CCC1(O)CN(CCCOCC(F)(F)F)C1. The smallest absolute Gasteiger partial charge is 0.387 e. The van der Waals surface area contributed by atoms with Crippen LogP contribution in [0.25, 0.3) is 0 Å². The molecule has 0 aliphatic carbocycles. The average Bonchev–Trinajstić information content (AvgIpc) is 2.12. The first-order valence-corrected chi connectivity index (χ1v) is 5.44. The number of rotatable bonds is 6. The Morgan fingerprint density at radius 2 is 2.00 bits per heavy atom. The maximum Gasteiger partial charge on any atom is 0.411 e. The summed E-state index contributed by atoms with van der Waals surface area (Å²) >= 11 is 0. The fraction of sp³-hybridized carbons (Fsp3) is 1.00. The fourth-order valence-corrected chi connectivity index (χ4v) is 1.75. The van der Waals surface area contributed by atoms with E-state index < -0.39 is 18.4 Å². The first-order chi connectivity index (χ1) is 7.35. The number of hydrogen-bond acceptors (Lipinski definition) is 3. The zero-order valence-corrected chi connectivity index (χ0v) is 9.39. The van der Waals surface area contributed by atoms with Crippen molar-refractivity contribution in [3.05, 3.63) is 0 Å². The molecule has 1 rings (SSSR count). The third-order valence-electron chi connectivity index (χ3n) is 2.72. The van der Waals surface area contributed by atoms with Gasteiger partial charge in [0.1, 0.15) is 6.61 Å². The van der Waals surface area contributed by atoms with Gasteiger partial charge in [-0.05, 0) is 12.8 Å². The number of aliphatic hydroxyl groups is 1. The molecule has 0 bridgehead atoms. The van der Waals surface area contributed by atoms with E-state index in [4.69, 9.17) is 0 Å². The van der Waals surface area contributed by atoms with Gasteiger partial charge >= 0.3 is 6.18 Å². The summed E-state index contributed by atoms with van der Waals surface area (Å²) in [5.74, 6) is 0. The summed E-state index contributed by atoms with van der Waals surface area (Å²) < 4.78 is 39.6. The maximum atomic E-state index is 11.7. The van der Waals surface area contributed by atoms with Gasteiger partial charge in [0.2, 0.25) is 0 Å². The van der Waals surface area contributed by atoms with Crippen molar-refractivity contribution in [2.75, 3.05) is 32.8 Å². The average molecular weight is 241 g/mol. The molecule has 0 amide bonds. The topological polar surface area (TPSA) is 32.7 Å². The quantitative estimate of drug-likeness (QED) is 0.714. The third-order valence-corrected chi connectivity index (χ3v) is 2.72. The standard InChI is InChI=1S/C10H18F3NO2/c1-2-9(15)6-14(7-9)4-3-5-16-8-10(11,12)13/h15H,2-8H2,1H3. The number of nitrogens with zero attached hydrogens (tertiary/aromatic N) is 1. The van der Waals surface area contributed by atoms with Gasteiger partial charge in [0.05, 0.1) is 5.60 Å². The van der Waals surface area contributed by atoms with Crippen molar-refractivity contribution in [1.82, 2.24) is 4.90 Å². The lowest BCUT2D eigenvalue weighted by atomic mass is 9.91. The van der Waals surface area contributed by atoms with Crippen LogP contribution in [0.15, 0.2) is 0 Å². The van der Waals surface area contributed by atoms with E-state index in [-0.39, 0.29) is 6.61 Å². The van der Waals surface area contributed by atoms with E-state index in [1.54, 1.807) is 0 Å². The molecular formula is C10H18F3NO2. The third kappa shape index (κ3) is 4.67. The molecule has 0 spiro atoms. The van der Waals surface area contributed by atoms with Gasteiger partial charge in [0.25, 0.3) is 0 Å². The van der Waals surface area contributed by atoms with Crippen LogP contribution in [0.3, 0.4) is 0 Å². The van der Waals surface area contributed by atoms with Crippen molar-refractivity contribution in [2.24, 2.45) is 0 Å². The van der Waals surface area contributed by atoms with Crippen molar-refractivity contribution in [2.45, 2.75) is 31.5 Å². The Labute approximate surface area is 93.2 Å². The maximum absolute atomic E-state index is 11.7. The molecule has 1 heterocycles. The lowest BCUT2D eigenvalue weighted by Gasteiger charge is -2.46. The zero-order chi connectivity index (χ0) is 12.2. The van der Waals surface area contributed by atoms with E-state index in [9.17, 15) is 18.3 Å². The molecule has 0 aromatic rings. The number of alkyl halides is 3. The van der Waals surface area contributed by atoms with Gasteiger partial charge in [-0.1, -0.05) is 6.92 Å². The predicted octanol–water partition coefficient (Wildman–Crippen LogP) is 1.41. The molecule has 3 nitrogen and oxygen atoms in total. The molecular weight excluding hydrogens is 223 g/mol. The van der Waals surface area contributed by atoms with Crippen LogP contribution in [-0.4, -0.2) is 54.6 Å². The van der Waals surface area contributed by atoms with Gasteiger partial charge in [-0.3, -0.25) is 4.90 Å². The van der Waals surface area contributed by atoms with Crippen molar-refractivity contribution in [3.8, 4) is 0 Å².